The fourth-order valence-corrected chi connectivity index (χ4v) is 3.33. The van der Waals surface area contributed by atoms with Crippen molar-refractivity contribution in [2.45, 2.75) is 39.5 Å². The second kappa shape index (κ2) is 8.08. The Morgan fingerprint density at radius 1 is 0.808 bits per heavy atom. The highest BCUT2D eigenvalue weighted by atomic mass is 16.1. The van der Waals surface area contributed by atoms with E-state index in [1.54, 1.807) is 24.5 Å². The van der Waals surface area contributed by atoms with E-state index in [1.807, 2.05) is 9.80 Å². The Labute approximate surface area is 153 Å². The molecule has 136 valence electrons. The molecule has 0 spiro atoms. The molecule has 26 heavy (non-hydrogen) atoms. The molecule has 0 bridgehead atoms. The topological polar surface area (TPSA) is 66.4 Å². The summed E-state index contributed by atoms with van der Waals surface area (Å²) in [6.07, 6.45) is 8.98. The number of carbonyl (C=O) groups is 2. The number of aldehydes is 2. The predicted molar refractivity (Wildman–Crippen MR) is 103 cm³/mol. The second-order valence-electron chi connectivity index (χ2n) is 6.39. The van der Waals surface area contributed by atoms with Crippen molar-refractivity contribution in [3.63, 3.8) is 0 Å². The predicted octanol–water partition coefficient (Wildman–Crippen LogP) is 4.29. The summed E-state index contributed by atoms with van der Waals surface area (Å²) in [6, 6.07) is 3.45. The molecule has 2 aromatic rings. The second-order valence-corrected chi connectivity index (χ2v) is 6.39. The number of hydrogen-bond donors (Lipinski definition) is 0. The fraction of sp³-hybridized carbons (Fsp3) is 0.400. The first-order chi connectivity index (χ1) is 12.8. The van der Waals surface area contributed by atoms with Gasteiger partial charge in [-0.2, -0.15) is 0 Å². The monoisotopic (exact) mass is 352 g/mol. The standard InChI is InChI=1S/C20H24N4O2/c1-3-5-11-23-17-15(13-25)7-9-21-19(17)24(12-6-4-2)20-18(23)16(14-26)8-10-22-20/h7-10,13-14H,3-6,11-12H2,1-2H3. The van der Waals surface area contributed by atoms with Crippen LogP contribution in [-0.2, 0) is 0 Å². The van der Waals surface area contributed by atoms with Crippen molar-refractivity contribution >= 4 is 35.6 Å². The number of aromatic nitrogens is 2. The van der Waals surface area contributed by atoms with Crippen molar-refractivity contribution in [1.82, 2.24) is 9.97 Å². The first-order valence-corrected chi connectivity index (χ1v) is 9.20. The van der Waals surface area contributed by atoms with E-state index >= 15 is 0 Å². The molecule has 0 N–H and O–H groups in total. The molecule has 0 saturated heterocycles. The SMILES string of the molecule is CCCCN1c2nccc(C=O)c2N(CCCC)c2c(C=O)ccnc21. The van der Waals surface area contributed by atoms with Gasteiger partial charge in [-0.15, -0.1) is 0 Å². The molecule has 6 heteroatoms. The van der Waals surface area contributed by atoms with Crippen LogP contribution in [0.5, 0.6) is 0 Å². The summed E-state index contributed by atoms with van der Waals surface area (Å²) in [7, 11) is 0. The number of unbranched alkanes of at least 4 members (excludes halogenated alkanes) is 2. The molecule has 0 aromatic carbocycles. The van der Waals surface area contributed by atoms with E-state index in [0.717, 1.165) is 67.8 Å². The van der Waals surface area contributed by atoms with Gasteiger partial charge in [-0.1, -0.05) is 26.7 Å². The molecule has 3 heterocycles. The maximum absolute atomic E-state index is 11.7. The van der Waals surface area contributed by atoms with Crippen molar-refractivity contribution in [1.29, 1.82) is 0 Å². The number of nitrogens with zero attached hydrogens (tertiary/aromatic N) is 4. The molecule has 3 rings (SSSR count). The largest absolute Gasteiger partial charge is 0.334 e. The van der Waals surface area contributed by atoms with Gasteiger partial charge in [-0.25, -0.2) is 9.97 Å². The molecular formula is C20H24N4O2. The van der Waals surface area contributed by atoms with Crippen LogP contribution in [0.15, 0.2) is 24.5 Å². The highest BCUT2D eigenvalue weighted by Gasteiger charge is 2.33. The quantitative estimate of drug-likeness (QED) is 0.660. The van der Waals surface area contributed by atoms with Crippen LogP contribution >= 0.6 is 0 Å². The summed E-state index contributed by atoms with van der Waals surface area (Å²) in [5.41, 5.74) is 2.71. The average molecular weight is 352 g/mol. The van der Waals surface area contributed by atoms with Crippen LogP contribution in [-0.4, -0.2) is 35.6 Å². The first kappa shape index (κ1) is 18.0. The van der Waals surface area contributed by atoms with Gasteiger partial charge >= 0.3 is 0 Å². The Bertz CT molecular complexity index is 747. The molecule has 0 unspecified atom stereocenters. The number of carbonyl (C=O) groups excluding carboxylic acids is 2. The third-order valence-electron chi connectivity index (χ3n) is 4.65. The van der Waals surface area contributed by atoms with Crippen LogP contribution in [0.2, 0.25) is 0 Å². The average Bonchev–Trinajstić information content (AvgIpc) is 2.69. The Hall–Kier alpha value is -2.76. The molecule has 0 atom stereocenters. The van der Waals surface area contributed by atoms with Crippen LogP contribution in [0.1, 0.15) is 60.2 Å². The summed E-state index contributed by atoms with van der Waals surface area (Å²) in [5.74, 6) is 1.48. The smallest absolute Gasteiger partial charge is 0.158 e. The molecule has 1 aliphatic rings. The van der Waals surface area contributed by atoms with Crippen molar-refractivity contribution in [2.24, 2.45) is 0 Å². The van der Waals surface area contributed by atoms with Crippen LogP contribution in [0.25, 0.3) is 0 Å². The Balaban J connectivity index is 2.26. The molecule has 6 nitrogen and oxygen atoms in total. The number of hydrogen-bond acceptors (Lipinski definition) is 6. The Morgan fingerprint density at radius 3 is 1.69 bits per heavy atom. The summed E-state index contributed by atoms with van der Waals surface area (Å²) < 4.78 is 0. The summed E-state index contributed by atoms with van der Waals surface area (Å²) in [5, 5.41) is 0. The van der Waals surface area contributed by atoms with Crippen LogP contribution < -0.4 is 9.80 Å². The summed E-state index contributed by atoms with van der Waals surface area (Å²) in [6.45, 7) is 5.69. The minimum absolute atomic E-state index is 0.582. The number of pyridine rings is 2. The van der Waals surface area contributed by atoms with Gasteiger partial charge in [0.15, 0.2) is 24.2 Å². The van der Waals surface area contributed by atoms with Gasteiger partial charge in [0, 0.05) is 36.6 Å². The molecule has 0 fully saturated rings. The molecule has 2 aromatic heterocycles. The molecule has 0 saturated carbocycles. The van der Waals surface area contributed by atoms with E-state index in [-0.39, 0.29) is 0 Å². The van der Waals surface area contributed by atoms with E-state index in [9.17, 15) is 9.59 Å². The minimum Gasteiger partial charge on any atom is -0.334 e. The first-order valence-electron chi connectivity index (χ1n) is 9.20. The van der Waals surface area contributed by atoms with Crippen LogP contribution in [0.4, 0.5) is 23.0 Å². The molecular weight excluding hydrogens is 328 g/mol. The zero-order valence-electron chi connectivity index (χ0n) is 15.3. The third-order valence-corrected chi connectivity index (χ3v) is 4.65. The molecule has 0 radical (unpaired) electrons. The van der Waals surface area contributed by atoms with E-state index in [2.05, 4.69) is 23.8 Å². The van der Waals surface area contributed by atoms with Gasteiger partial charge in [-0.3, -0.25) is 9.59 Å². The van der Waals surface area contributed by atoms with Gasteiger partial charge < -0.3 is 9.80 Å². The number of rotatable bonds is 8. The summed E-state index contributed by atoms with van der Waals surface area (Å²) in [4.78, 5) is 36.7. The van der Waals surface area contributed by atoms with Gasteiger partial charge in [0.25, 0.3) is 0 Å². The van der Waals surface area contributed by atoms with Crippen molar-refractivity contribution in [2.75, 3.05) is 22.9 Å². The Kier molecular flexibility index (Phi) is 5.61. The van der Waals surface area contributed by atoms with Gasteiger partial charge in [-0.05, 0) is 25.0 Å². The number of anilines is 4. The normalized spacial score (nSPS) is 12.5. The van der Waals surface area contributed by atoms with Crippen molar-refractivity contribution in [3.8, 4) is 0 Å². The van der Waals surface area contributed by atoms with Gasteiger partial charge in [0.05, 0.1) is 11.4 Å². The van der Waals surface area contributed by atoms with Crippen molar-refractivity contribution in [3.05, 3.63) is 35.7 Å². The number of fused-ring (bicyclic) bond motifs is 2. The molecule has 1 aliphatic heterocycles. The zero-order chi connectivity index (χ0) is 18.5. The van der Waals surface area contributed by atoms with Crippen LogP contribution in [0, 0.1) is 0 Å². The summed E-state index contributed by atoms with van der Waals surface area (Å²) >= 11 is 0. The lowest BCUT2D eigenvalue weighted by atomic mass is 10.1. The minimum atomic E-state index is 0.582. The fourth-order valence-electron chi connectivity index (χ4n) is 3.33. The highest BCUT2D eigenvalue weighted by molar-refractivity contribution is 6.02. The highest BCUT2D eigenvalue weighted by Crippen LogP contribution is 2.48. The van der Waals surface area contributed by atoms with E-state index in [4.69, 9.17) is 0 Å². The van der Waals surface area contributed by atoms with E-state index < -0.39 is 0 Å². The third kappa shape index (κ3) is 3.07. The maximum atomic E-state index is 11.7. The maximum Gasteiger partial charge on any atom is 0.158 e. The zero-order valence-corrected chi connectivity index (χ0v) is 15.3. The lowest BCUT2D eigenvalue weighted by Gasteiger charge is -2.39. The van der Waals surface area contributed by atoms with E-state index in [1.165, 1.54) is 0 Å². The lowest BCUT2D eigenvalue weighted by Crippen LogP contribution is -2.34. The van der Waals surface area contributed by atoms with Gasteiger partial charge in [0.1, 0.15) is 0 Å². The Morgan fingerprint density at radius 2 is 1.27 bits per heavy atom. The van der Waals surface area contributed by atoms with Crippen LogP contribution in [0.3, 0.4) is 0 Å². The van der Waals surface area contributed by atoms with Crippen molar-refractivity contribution < 1.29 is 9.59 Å². The van der Waals surface area contributed by atoms with E-state index in [0.29, 0.717) is 17.7 Å². The molecule has 0 amide bonds. The van der Waals surface area contributed by atoms with Gasteiger partial charge in [0.2, 0.25) is 0 Å². The lowest BCUT2D eigenvalue weighted by molar-refractivity contribution is 0.111. The molecule has 0 aliphatic carbocycles.